The van der Waals surface area contributed by atoms with E-state index in [0.717, 1.165) is 41.7 Å². The first-order chi connectivity index (χ1) is 14.4. The minimum absolute atomic E-state index is 0.206. The number of aliphatic carboxylic acids is 1. The maximum Gasteiger partial charge on any atom is 0.326 e. The monoisotopic (exact) mass is 409 g/mol. The number of rotatable bonds is 8. The van der Waals surface area contributed by atoms with Crippen molar-refractivity contribution in [3.63, 3.8) is 0 Å². The summed E-state index contributed by atoms with van der Waals surface area (Å²) in [7, 11) is 0. The molecule has 0 unspecified atom stereocenters. The molecule has 1 saturated heterocycles. The highest BCUT2D eigenvalue weighted by atomic mass is 16.5. The Labute approximate surface area is 176 Å². The summed E-state index contributed by atoms with van der Waals surface area (Å²) in [4.78, 5) is 24.3. The molecule has 1 aliphatic heterocycles. The van der Waals surface area contributed by atoms with E-state index in [1.54, 1.807) is 6.92 Å². The van der Waals surface area contributed by atoms with E-state index in [1.807, 2.05) is 48.5 Å². The molecule has 2 atom stereocenters. The van der Waals surface area contributed by atoms with Crippen molar-refractivity contribution < 1.29 is 24.2 Å². The predicted octanol–water partition coefficient (Wildman–Crippen LogP) is 3.58. The van der Waals surface area contributed by atoms with Gasteiger partial charge in [-0.2, -0.15) is 0 Å². The second-order valence-electron chi connectivity index (χ2n) is 8.26. The van der Waals surface area contributed by atoms with Crippen molar-refractivity contribution in [2.45, 2.75) is 56.8 Å². The van der Waals surface area contributed by atoms with Gasteiger partial charge >= 0.3 is 5.97 Å². The number of carboxylic acids is 1. The summed E-state index contributed by atoms with van der Waals surface area (Å²) in [5, 5.41) is 12.2. The van der Waals surface area contributed by atoms with Crippen molar-refractivity contribution in [1.29, 1.82) is 0 Å². The van der Waals surface area contributed by atoms with Crippen LogP contribution in [0.2, 0.25) is 0 Å². The van der Waals surface area contributed by atoms with Crippen molar-refractivity contribution in [1.82, 2.24) is 5.32 Å². The van der Waals surface area contributed by atoms with Gasteiger partial charge in [-0.1, -0.05) is 42.5 Å². The standard InChI is InChI=1S/C24H27NO5/c1-24(13-4-14-29-24)23(28)25-20(22(26)27)15-16-7-9-17(10-8-16)19-5-2-3-6-21(19)30-18-11-12-18/h2-3,5-10,18,20H,4,11-15H2,1H3,(H,25,28)(H,26,27)/t20-,24-/m0/s1. The van der Waals surface area contributed by atoms with E-state index >= 15 is 0 Å². The van der Waals surface area contributed by atoms with Crippen molar-refractivity contribution in [2.24, 2.45) is 0 Å². The first-order valence-corrected chi connectivity index (χ1v) is 10.5. The second kappa shape index (κ2) is 8.48. The van der Waals surface area contributed by atoms with Crippen LogP contribution in [0.4, 0.5) is 0 Å². The van der Waals surface area contributed by atoms with Crippen LogP contribution in [0.1, 0.15) is 38.2 Å². The molecule has 1 amide bonds. The SMILES string of the molecule is C[C@@]1(C(=O)N[C@@H](Cc2ccc(-c3ccccc3OC3CC3)cc2)C(=O)O)CCCO1. The summed E-state index contributed by atoms with van der Waals surface area (Å²) < 4.78 is 11.5. The largest absolute Gasteiger partial charge is 0.490 e. The number of ether oxygens (including phenoxy) is 2. The van der Waals surface area contributed by atoms with Gasteiger partial charge in [0.25, 0.3) is 5.91 Å². The van der Waals surface area contributed by atoms with Crippen LogP contribution in [0.15, 0.2) is 48.5 Å². The van der Waals surface area contributed by atoms with Gasteiger partial charge < -0.3 is 19.9 Å². The Morgan fingerprint density at radius 1 is 1.20 bits per heavy atom. The Morgan fingerprint density at radius 2 is 1.93 bits per heavy atom. The number of benzene rings is 2. The highest BCUT2D eigenvalue weighted by molar-refractivity contribution is 5.89. The molecule has 2 aromatic carbocycles. The van der Waals surface area contributed by atoms with Crippen LogP contribution in [0.3, 0.4) is 0 Å². The number of carbonyl (C=O) groups is 2. The molecule has 6 nitrogen and oxygen atoms in total. The van der Waals surface area contributed by atoms with Crippen molar-refractivity contribution in [3.05, 3.63) is 54.1 Å². The fraction of sp³-hybridized carbons (Fsp3) is 0.417. The molecule has 2 aliphatic rings. The maximum absolute atomic E-state index is 12.5. The molecule has 6 heteroatoms. The van der Waals surface area contributed by atoms with E-state index < -0.39 is 17.6 Å². The van der Waals surface area contributed by atoms with E-state index in [4.69, 9.17) is 9.47 Å². The summed E-state index contributed by atoms with van der Waals surface area (Å²) in [6.07, 6.45) is 4.12. The van der Waals surface area contributed by atoms with Crippen molar-refractivity contribution in [3.8, 4) is 16.9 Å². The normalized spacial score (nSPS) is 21.8. The summed E-state index contributed by atoms with van der Waals surface area (Å²) >= 11 is 0. The zero-order valence-corrected chi connectivity index (χ0v) is 17.1. The average Bonchev–Trinajstić information content (AvgIpc) is 3.45. The lowest BCUT2D eigenvalue weighted by Crippen LogP contribution is -2.51. The topological polar surface area (TPSA) is 84.9 Å². The van der Waals surface area contributed by atoms with Crippen molar-refractivity contribution in [2.75, 3.05) is 6.61 Å². The Bertz CT molecular complexity index is 913. The molecule has 2 fully saturated rings. The number of carbonyl (C=O) groups excluding carboxylic acids is 1. The lowest BCUT2D eigenvalue weighted by Gasteiger charge is -2.24. The maximum atomic E-state index is 12.5. The van der Waals surface area contributed by atoms with Gasteiger partial charge in [0, 0.05) is 18.6 Å². The molecule has 30 heavy (non-hydrogen) atoms. The van der Waals surface area contributed by atoms with Gasteiger partial charge in [-0.15, -0.1) is 0 Å². The smallest absolute Gasteiger partial charge is 0.326 e. The Morgan fingerprint density at radius 3 is 2.57 bits per heavy atom. The third kappa shape index (κ3) is 4.65. The summed E-state index contributed by atoms with van der Waals surface area (Å²) in [6, 6.07) is 14.7. The van der Waals surface area contributed by atoms with E-state index in [0.29, 0.717) is 19.1 Å². The van der Waals surface area contributed by atoms with Crippen LogP contribution in [0, 0.1) is 0 Å². The number of carboxylic acid groups (broad SMARTS) is 1. The number of hydrogen-bond acceptors (Lipinski definition) is 4. The van der Waals surface area contributed by atoms with E-state index in [-0.39, 0.29) is 12.3 Å². The molecule has 1 aliphatic carbocycles. The van der Waals surface area contributed by atoms with E-state index in [2.05, 4.69) is 5.32 Å². The number of para-hydroxylation sites is 1. The lowest BCUT2D eigenvalue weighted by atomic mass is 9.98. The Kier molecular flexibility index (Phi) is 5.77. The van der Waals surface area contributed by atoms with Gasteiger partial charge in [-0.05, 0) is 49.8 Å². The first-order valence-electron chi connectivity index (χ1n) is 10.5. The highest BCUT2D eigenvalue weighted by Crippen LogP contribution is 2.34. The van der Waals surface area contributed by atoms with E-state index in [1.165, 1.54) is 0 Å². The summed E-state index contributed by atoms with van der Waals surface area (Å²) in [5.41, 5.74) is 1.93. The highest BCUT2D eigenvalue weighted by Gasteiger charge is 2.39. The minimum Gasteiger partial charge on any atom is -0.490 e. The third-order valence-corrected chi connectivity index (χ3v) is 5.71. The van der Waals surface area contributed by atoms with Crippen LogP contribution in [0.25, 0.3) is 11.1 Å². The molecular weight excluding hydrogens is 382 g/mol. The van der Waals surface area contributed by atoms with Crippen LogP contribution in [0.5, 0.6) is 5.75 Å². The molecule has 1 saturated carbocycles. The Hall–Kier alpha value is -2.86. The zero-order valence-electron chi connectivity index (χ0n) is 17.1. The van der Waals surface area contributed by atoms with Gasteiger partial charge in [-0.3, -0.25) is 4.79 Å². The van der Waals surface area contributed by atoms with Gasteiger partial charge in [0.15, 0.2) is 0 Å². The number of nitrogens with one attached hydrogen (secondary N) is 1. The molecule has 0 bridgehead atoms. The van der Waals surface area contributed by atoms with Crippen LogP contribution in [-0.2, 0) is 20.7 Å². The predicted molar refractivity (Wildman–Crippen MR) is 112 cm³/mol. The molecule has 4 rings (SSSR count). The van der Waals surface area contributed by atoms with Gasteiger partial charge in [0.2, 0.25) is 0 Å². The molecule has 0 spiro atoms. The zero-order chi connectivity index (χ0) is 21.1. The first kappa shape index (κ1) is 20.4. The van der Waals surface area contributed by atoms with Gasteiger partial charge in [0.05, 0.1) is 6.10 Å². The number of hydrogen-bond donors (Lipinski definition) is 2. The summed E-state index contributed by atoms with van der Waals surface area (Å²) in [5.74, 6) is -0.555. The van der Waals surface area contributed by atoms with Gasteiger partial charge in [-0.25, -0.2) is 4.79 Å². The fourth-order valence-corrected chi connectivity index (χ4v) is 3.70. The van der Waals surface area contributed by atoms with E-state index in [9.17, 15) is 14.7 Å². The third-order valence-electron chi connectivity index (χ3n) is 5.71. The number of amides is 1. The average molecular weight is 409 g/mol. The second-order valence-corrected chi connectivity index (χ2v) is 8.26. The van der Waals surface area contributed by atoms with Crippen LogP contribution in [-0.4, -0.2) is 41.3 Å². The van der Waals surface area contributed by atoms with Gasteiger partial charge in [0.1, 0.15) is 17.4 Å². The Balaban J connectivity index is 1.45. The quantitative estimate of drug-likeness (QED) is 0.696. The molecule has 158 valence electrons. The molecule has 2 aromatic rings. The summed E-state index contributed by atoms with van der Waals surface area (Å²) in [6.45, 7) is 2.24. The molecule has 1 heterocycles. The fourth-order valence-electron chi connectivity index (χ4n) is 3.70. The molecule has 0 radical (unpaired) electrons. The molecule has 0 aromatic heterocycles. The molecular formula is C24H27NO5. The minimum atomic E-state index is -1.06. The lowest BCUT2D eigenvalue weighted by molar-refractivity contribution is -0.147. The van der Waals surface area contributed by atoms with Crippen LogP contribution >= 0.6 is 0 Å². The van der Waals surface area contributed by atoms with Crippen molar-refractivity contribution >= 4 is 11.9 Å². The molecule has 2 N–H and O–H groups in total. The van der Waals surface area contributed by atoms with Crippen LogP contribution < -0.4 is 10.1 Å².